The molecule has 0 aliphatic rings. The van der Waals surface area contributed by atoms with E-state index in [1.807, 2.05) is 36.2 Å². The average Bonchev–Trinajstić information content (AvgIpc) is 2.29. The zero-order chi connectivity index (χ0) is 13.9. The summed E-state index contributed by atoms with van der Waals surface area (Å²) in [7, 11) is 1.86. The Hall–Kier alpha value is -0.870. The van der Waals surface area contributed by atoms with Gasteiger partial charge in [0.25, 0.3) is 0 Å². The van der Waals surface area contributed by atoms with Crippen molar-refractivity contribution in [3.8, 4) is 0 Å². The van der Waals surface area contributed by atoms with Crippen molar-refractivity contribution in [1.29, 1.82) is 0 Å². The number of likely N-dealkylation sites (N-methyl/N-ethyl adjacent to an activating group) is 1. The van der Waals surface area contributed by atoms with Crippen molar-refractivity contribution >= 4 is 21.9 Å². The third kappa shape index (κ3) is 3.12. The Labute approximate surface area is 117 Å². The second-order valence-electron chi connectivity index (χ2n) is 4.95. The van der Waals surface area contributed by atoms with Gasteiger partial charge in [-0.15, -0.1) is 0 Å². The molecule has 1 aromatic carbocycles. The Morgan fingerprint density at radius 3 is 2.56 bits per heavy atom. The van der Waals surface area contributed by atoms with Gasteiger partial charge in [-0.05, 0) is 45.0 Å². The van der Waals surface area contributed by atoms with Crippen molar-refractivity contribution in [2.75, 3.05) is 7.05 Å². The van der Waals surface area contributed by atoms with E-state index in [0.29, 0.717) is 0 Å². The summed E-state index contributed by atoms with van der Waals surface area (Å²) in [5, 5.41) is 9.31. The van der Waals surface area contributed by atoms with Crippen LogP contribution in [0.1, 0.15) is 38.8 Å². The molecular weight excluding hydrogens is 294 g/mol. The first kappa shape index (κ1) is 15.2. The maximum atomic E-state index is 11.3. The molecule has 0 heterocycles. The van der Waals surface area contributed by atoms with E-state index in [2.05, 4.69) is 22.9 Å². The Bertz CT molecular complexity index is 432. The van der Waals surface area contributed by atoms with Crippen LogP contribution in [0.2, 0.25) is 0 Å². The van der Waals surface area contributed by atoms with E-state index >= 15 is 0 Å². The van der Waals surface area contributed by atoms with Gasteiger partial charge in [0.2, 0.25) is 0 Å². The Balaban J connectivity index is 3.07. The molecule has 0 spiro atoms. The van der Waals surface area contributed by atoms with Crippen LogP contribution in [0, 0.1) is 0 Å². The van der Waals surface area contributed by atoms with Crippen LogP contribution in [0.15, 0.2) is 28.7 Å². The molecule has 4 heteroatoms. The van der Waals surface area contributed by atoms with Gasteiger partial charge in [0.15, 0.2) is 0 Å². The molecule has 1 atom stereocenters. The zero-order valence-corrected chi connectivity index (χ0v) is 12.9. The molecular formula is C14H20BrNO2. The van der Waals surface area contributed by atoms with Crippen LogP contribution in [0.3, 0.4) is 0 Å². The van der Waals surface area contributed by atoms with Crippen molar-refractivity contribution in [3.63, 3.8) is 0 Å². The Kier molecular flexibility index (Phi) is 4.93. The molecule has 0 aliphatic carbocycles. The summed E-state index contributed by atoms with van der Waals surface area (Å²) >= 11 is 3.45. The number of benzene rings is 1. The highest BCUT2D eigenvalue weighted by Crippen LogP contribution is 2.30. The van der Waals surface area contributed by atoms with Gasteiger partial charge in [-0.2, -0.15) is 0 Å². The van der Waals surface area contributed by atoms with Gasteiger partial charge >= 0.3 is 5.97 Å². The van der Waals surface area contributed by atoms with E-state index in [0.717, 1.165) is 16.5 Å². The van der Waals surface area contributed by atoms with Crippen LogP contribution in [0.4, 0.5) is 0 Å². The molecule has 18 heavy (non-hydrogen) atoms. The quantitative estimate of drug-likeness (QED) is 0.901. The molecule has 0 aromatic heterocycles. The van der Waals surface area contributed by atoms with Crippen LogP contribution in [-0.2, 0) is 4.79 Å². The number of carboxylic acids is 1. The van der Waals surface area contributed by atoms with Crippen LogP contribution in [0.5, 0.6) is 0 Å². The summed E-state index contributed by atoms with van der Waals surface area (Å²) < 4.78 is 1.01. The molecule has 0 radical (unpaired) electrons. The zero-order valence-electron chi connectivity index (χ0n) is 11.3. The van der Waals surface area contributed by atoms with Crippen LogP contribution in [-0.4, -0.2) is 28.6 Å². The lowest BCUT2D eigenvalue weighted by Gasteiger charge is -2.38. The van der Waals surface area contributed by atoms with Crippen LogP contribution < -0.4 is 0 Å². The number of hydrogen-bond donors (Lipinski definition) is 1. The minimum absolute atomic E-state index is 0.0913. The smallest absolute Gasteiger partial charge is 0.323 e. The van der Waals surface area contributed by atoms with Crippen LogP contribution >= 0.6 is 15.9 Å². The molecule has 3 nitrogen and oxygen atoms in total. The van der Waals surface area contributed by atoms with E-state index in [4.69, 9.17) is 0 Å². The maximum absolute atomic E-state index is 11.3. The van der Waals surface area contributed by atoms with E-state index in [-0.39, 0.29) is 6.04 Å². The molecule has 1 rings (SSSR count). The molecule has 0 saturated heterocycles. The van der Waals surface area contributed by atoms with E-state index in [9.17, 15) is 9.90 Å². The molecule has 0 saturated carbocycles. The SMILES string of the molecule is CCC(c1cccc(Br)c1)N(C)C(C)(C)C(=O)O. The van der Waals surface area contributed by atoms with Gasteiger partial charge in [-0.3, -0.25) is 9.69 Å². The summed E-state index contributed by atoms with van der Waals surface area (Å²) in [5.74, 6) is -0.807. The first-order chi connectivity index (χ1) is 8.30. The van der Waals surface area contributed by atoms with Gasteiger partial charge in [0.1, 0.15) is 5.54 Å². The van der Waals surface area contributed by atoms with E-state index in [1.165, 1.54) is 0 Å². The number of aliphatic carboxylic acids is 1. The van der Waals surface area contributed by atoms with Gasteiger partial charge < -0.3 is 5.11 Å². The summed E-state index contributed by atoms with van der Waals surface area (Å²) in [6.45, 7) is 5.53. The van der Waals surface area contributed by atoms with Crippen molar-refractivity contribution in [3.05, 3.63) is 34.3 Å². The number of carboxylic acid groups (broad SMARTS) is 1. The normalized spacial score (nSPS) is 13.7. The molecule has 1 unspecified atom stereocenters. The lowest BCUT2D eigenvalue weighted by molar-refractivity contribution is -0.150. The highest BCUT2D eigenvalue weighted by molar-refractivity contribution is 9.10. The standard InChI is InChI=1S/C14H20BrNO2/c1-5-12(10-7-6-8-11(15)9-10)16(4)14(2,3)13(17)18/h6-9,12H,5H2,1-4H3,(H,17,18). The summed E-state index contributed by atoms with van der Waals surface area (Å²) in [6.07, 6.45) is 0.865. The first-order valence-electron chi connectivity index (χ1n) is 6.02. The predicted octanol–water partition coefficient (Wildman–Crippen LogP) is 3.70. The molecule has 1 aromatic rings. The summed E-state index contributed by atoms with van der Waals surface area (Å²) in [5.41, 5.74) is 0.243. The summed E-state index contributed by atoms with van der Waals surface area (Å²) in [6, 6.07) is 8.12. The van der Waals surface area contributed by atoms with Gasteiger partial charge in [-0.1, -0.05) is 35.0 Å². The molecule has 0 fully saturated rings. The highest BCUT2D eigenvalue weighted by Gasteiger charge is 2.36. The van der Waals surface area contributed by atoms with Gasteiger partial charge in [0, 0.05) is 10.5 Å². The van der Waals surface area contributed by atoms with Gasteiger partial charge in [-0.25, -0.2) is 0 Å². The predicted molar refractivity (Wildman–Crippen MR) is 76.7 cm³/mol. The van der Waals surface area contributed by atoms with E-state index in [1.54, 1.807) is 13.8 Å². The molecule has 0 bridgehead atoms. The van der Waals surface area contributed by atoms with Crippen molar-refractivity contribution in [2.45, 2.75) is 38.8 Å². The number of carbonyl (C=O) groups is 1. The largest absolute Gasteiger partial charge is 0.480 e. The third-order valence-corrected chi connectivity index (χ3v) is 3.99. The number of hydrogen-bond acceptors (Lipinski definition) is 2. The first-order valence-corrected chi connectivity index (χ1v) is 6.81. The third-order valence-electron chi connectivity index (χ3n) is 3.49. The van der Waals surface area contributed by atoms with Crippen molar-refractivity contribution in [1.82, 2.24) is 4.90 Å². The number of rotatable bonds is 5. The fraction of sp³-hybridized carbons (Fsp3) is 0.500. The number of halogens is 1. The topological polar surface area (TPSA) is 40.5 Å². The second kappa shape index (κ2) is 5.85. The Morgan fingerprint density at radius 1 is 1.50 bits per heavy atom. The second-order valence-corrected chi connectivity index (χ2v) is 5.87. The van der Waals surface area contributed by atoms with Crippen LogP contribution in [0.25, 0.3) is 0 Å². The van der Waals surface area contributed by atoms with E-state index < -0.39 is 11.5 Å². The molecule has 0 amide bonds. The molecule has 100 valence electrons. The summed E-state index contributed by atoms with van der Waals surface area (Å²) in [4.78, 5) is 13.2. The van der Waals surface area contributed by atoms with Crippen molar-refractivity contribution in [2.24, 2.45) is 0 Å². The average molecular weight is 314 g/mol. The minimum atomic E-state index is -0.886. The number of nitrogens with zero attached hydrogens (tertiary/aromatic N) is 1. The fourth-order valence-electron chi connectivity index (χ4n) is 1.99. The Morgan fingerprint density at radius 2 is 2.11 bits per heavy atom. The fourth-order valence-corrected chi connectivity index (χ4v) is 2.40. The molecule has 1 N–H and O–H groups in total. The maximum Gasteiger partial charge on any atom is 0.323 e. The van der Waals surface area contributed by atoms with Gasteiger partial charge in [0.05, 0.1) is 0 Å². The highest BCUT2D eigenvalue weighted by atomic mass is 79.9. The minimum Gasteiger partial charge on any atom is -0.480 e. The monoisotopic (exact) mass is 313 g/mol. The molecule has 0 aliphatic heterocycles. The lowest BCUT2D eigenvalue weighted by atomic mass is 9.96. The lowest BCUT2D eigenvalue weighted by Crippen LogP contribution is -2.49. The van der Waals surface area contributed by atoms with Crippen molar-refractivity contribution < 1.29 is 9.90 Å².